The number of nitrogens with two attached hydrogens (primary N) is 1. The van der Waals surface area contributed by atoms with Crippen molar-refractivity contribution in [3.8, 4) is 0 Å². The summed E-state index contributed by atoms with van der Waals surface area (Å²) in [6.07, 6.45) is 0.325. The second kappa shape index (κ2) is 5.18. The van der Waals surface area contributed by atoms with Crippen LogP contribution in [0, 0.1) is 12.3 Å². The van der Waals surface area contributed by atoms with Crippen LogP contribution in [-0.2, 0) is 7.05 Å². The van der Waals surface area contributed by atoms with Gasteiger partial charge in [-0.2, -0.15) is 5.10 Å². The van der Waals surface area contributed by atoms with E-state index in [4.69, 9.17) is 11.1 Å². The predicted octanol–water partition coefficient (Wildman–Crippen LogP) is 0.220. The van der Waals surface area contributed by atoms with Crippen molar-refractivity contribution < 1.29 is 5.11 Å². The molecule has 1 rings (SSSR count). The number of nitrogens with zero attached hydrogens (tertiary/aromatic N) is 3. The molecule has 1 aromatic heterocycles. The van der Waals surface area contributed by atoms with Gasteiger partial charge in [-0.1, -0.05) is 0 Å². The van der Waals surface area contributed by atoms with Crippen LogP contribution >= 0.6 is 0 Å². The Kier molecular flexibility index (Phi) is 4.11. The first-order valence-corrected chi connectivity index (χ1v) is 5.61. The Morgan fingerprint density at radius 1 is 1.65 bits per heavy atom. The maximum absolute atomic E-state index is 9.29. The summed E-state index contributed by atoms with van der Waals surface area (Å²) < 4.78 is 1.72. The second-order valence-corrected chi connectivity index (χ2v) is 4.38. The predicted molar refractivity (Wildman–Crippen MR) is 68.5 cm³/mol. The largest absolute Gasteiger partial charge is 0.393 e. The van der Waals surface area contributed by atoms with E-state index in [0.717, 1.165) is 11.5 Å². The third kappa shape index (κ3) is 2.97. The number of rotatable bonds is 5. The Hall–Kier alpha value is -1.56. The molecule has 6 nitrogen and oxygen atoms in total. The van der Waals surface area contributed by atoms with E-state index in [2.05, 4.69) is 5.10 Å². The number of aliphatic hydroxyl groups excluding tert-OH is 1. The molecule has 1 aromatic rings. The number of hydrogen-bond donors (Lipinski definition) is 3. The summed E-state index contributed by atoms with van der Waals surface area (Å²) in [5.41, 5.74) is 6.99. The number of aliphatic hydroxyl groups is 1. The average molecular weight is 239 g/mol. The van der Waals surface area contributed by atoms with Gasteiger partial charge in [0.1, 0.15) is 11.7 Å². The van der Waals surface area contributed by atoms with Gasteiger partial charge in [0.05, 0.1) is 17.4 Å². The number of nitrogens with one attached hydrogen (secondary N) is 1. The quantitative estimate of drug-likeness (QED) is 0.506. The Morgan fingerprint density at radius 2 is 2.24 bits per heavy atom. The lowest BCUT2D eigenvalue weighted by atomic mass is 10.2. The molecule has 6 heteroatoms. The van der Waals surface area contributed by atoms with Crippen molar-refractivity contribution in [2.45, 2.75) is 26.4 Å². The van der Waals surface area contributed by atoms with Crippen LogP contribution in [0.25, 0.3) is 0 Å². The normalized spacial score (nSPS) is 12.5. The van der Waals surface area contributed by atoms with E-state index in [1.54, 1.807) is 11.6 Å². The molecule has 0 radical (unpaired) electrons. The van der Waals surface area contributed by atoms with Crippen LogP contribution in [-0.4, -0.2) is 40.4 Å². The highest BCUT2D eigenvalue weighted by molar-refractivity contribution is 6.00. The van der Waals surface area contributed by atoms with Gasteiger partial charge in [-0.25, -0.2) is 0 Å². The fraction of sp³-hybridized carbons (Fsp3) is 0.636. The van der Waals surface area contributed by atoms with Crippen molar-refractivity contribution in [3.05, 3.63) is 11.3 Å². The standard InChI is InChI=1S/C11H21N5O/c1-7(17)5-6-15(3)11-9(10(12)13)8(2)14-16(11)4/h7,17H,5-6H2,1-4H3,(H3,12,13). The first-order valence-electron chi connectivity index (χ1n) is 5.61. The number of aromatic nitrogens is 2. The molecular formula is C11H21N5O. The summed E-state index contributed by atoms with van der Waals surface area (Å²) in [6, 6.07) is 0. The highest BCUT2D eigenvalue weighted by atomic mass is 16.3. The zero-order chi connectivity index (χ0) is 13.2. The van der Waals surface area contributed by atoms with Gasteiger partial charge in [0, 0.05) is 20.6 Å². The molecule has 0 aliphatic rings. The number of hydrogen-bond acceptors (Lipinski definition) is 4. The van der Waals surface area contributed by atoms with Gasteiger partial charge >= 0.3 is 0 Å². The lowest BCUT2D eigenvalue weighted by Crippen LogP contribution is -2.26. The maximum Gasteiger partial charge on any atom is 0.137 e. The highest BCUT2D eigenvalue weighted by Crippen LogP contribution is 2.21. The number of amidine groups is 1. The minimum absolute atomic E-state index is 0.0227. The summed E-state index contributed by atoms with van der Waals surface area (Å²) in [5.74, 6) is 0.838. The third-order valence-electron chi connectivity index (χ3n) is 2.71. The molecule has 0 fully saturated rings. The lowest BCUT2D eigenvalue weighted by molar-refractivity contribution is 0.186. The zero-order valence-corrected chi connectivity index (χ0v) is 10.9. The van der Waals surface area contributed by atoms with Crippen molar-refractivity contribution in [3.63, 3.8) is 0 Å². The Balaban J connectivity index is 2.99. The van der Waals surface area contributed by atoms with Crippen molar-refractivity contribution in [2.75, 3.05) is 18.5 Å². The van der Waals surface area contributed by atoms with Crippen molar-refractivity contribution in [1.82, 2.24) is 9.78 Å². The molecule has 0 bridgehead atoms. The van der Waals surface area contributed by atoms with E-state index >= 15 is 0 Å². The number of aryl methyl sites for hydroxylation is 2. The van der Waals surface area contributed by atoms with Crippen LogP contribution in [0.2, 0.25) is 0 Å². The van der Waals surface area contributed by atoms with E-state index in [1.165, 1.54) is 0 Å². The van der Waals surface area contributed by atoms with Gasteiger partial charge in [-0.15, -0.1) is 0 Å². The molecule has 0 saturated heterocycles. The van der Waals surface area contributed by atoms with E-state index < -0.39 is 0 Å². The fourth-order valence-electron chi connectivity index (χ4n) is 1.89. The fourth-order valence-corrected chi connectivity index (χ4v) is 1.89. The summed E-state index contributed by atoms with van der Waals surface area (Å²) in [4.78, 5) is 1.96. The summed E-state index contributed by atoms with van der Waals surface area (Å²) in [5, 5.41) is 21.1. The smallest absolute Gasteiger partial charge is 0.137 e. The number of anilines is 1. The molecule has 0 spiro atoms. The van der Waals surface area contributed by atoms with E-state index in [0.29, 0.717) is 18.5 Å². The van der Waals surface area contributed by atoms with Gasteiger partial charge < -0.3 is 15.7 Å². The van der Waals surface area contributed by atoms with Gasteiger partial charge in [0.2, 0.25) is 0 Å². The van der Waals surface area contributed by atoms with Gasteiger partial charge in [-0.3, -0.25) is 10.1 Å². The van der Waals surface area contributed by atoms with Crippen LogP contribution in [0.1, 0.15) is 24.6 Å². The lowest BCUT2D eigenvalue weighted by Gasteiger charge is -2.21. The van der Waals surface area contributed by atoms with Crippen LogP contribution in [0.15, 0.2) is 0 Å². The van der Waals surface area contributed by atoms with Crippen LogP contribution < -0.4 is 10.6 Å². The van der Waals surface area contributed by atoms with E-state index in [9.17, 15) is 5.11 Å². The van der Waals surface area contributed by atoms with Gasteiger partial charge in [0.15, 0.2) is 0 Å². The molecule has 1 unspecified atom stereocenters. The summed E-state index contributed by atoms with van der Waals surface area (Å²) in [7, 11) is 3.74. The van der Waals surface area contributed by atoms with Crippen molar-refractivity contribution >= 4 is 11.7 Å². The maximum atomic E-state index is 9.29. The molecule has 0 aliphatic carbocycles. The molecule has 0 aromatic carbocycles. The first-order chi connectivity index (χ1) is 7.84. The molecule has 0 aliphatic heterocycles. The van der Waals surface area contributed by atoms with Crippen LogP contribution in [0.5, 0.6) is 0 Å². The van der Waals surface area contributed by atoms with Crippen LogP contribution in [0.4, 0.5) is 5.82 Å². The zero-order valence-electron chi connectivity index (χ0n) is 10.9. The minimum Gasteiger partial charge on any atom is -0.393 e. The van der Waals surface area contributed by atoms with Crippen molar-refractivity contribution in [2.24, 2.45) is 12.8 Å². The molecular weight excluding hydrogens is 218 g/mol. The third-order valence-corrected chi connectivity index (χ3v) is 2.71. The number of nitrogen functional groups attached to an aromatic ring is 1. The second-order valence-electron chi connectivity index (χ2n) is 4.38. The summed E-state index contributed by atoms with van der Waals surface area (Å²) in [6.45, 7) is 4.29. The molecule has 0 amide bonds. The Morgan fingerprint density at radius 3 is 2.71 bits per heavy atom. The molecule has 1 atom stereocenters. The molecule has 96 valence electrons. The van der Waals surface area contributed by atoms with Crippen molar-refractivity contribution in [1.29, 1.82) is 5.41 Å². The molecule has 1 heterocycles. The van der Waals surface area contributed by atoms with Gasteiger partial charge in [0.25, 0.3) is 0 Å². The molecule has 0 saturated carbocycles. The SMILES string of the molecule is Cc1nn(C)c(N(C)CCC(C)O)c1C(=N)N. The monoisotopic (exact) mass is 239 g/mol. The minimum atomic E-state index is -0.340. The van der Waals surface area contributed by atoms with E-state index in [1.807, 2.05) is 25.9 Å². The highest BCUT2D eigenvalue weighted by Gasteiger charge is 2.19. The first kappa shape index (κ1) is 13.5. The van der Waals surface area contributed by atoms with E-state index in [-0.39, 0.29) is 11.9 Å². The molecule has 4 N–H and O–H groups in total. The molecule has 17 heavy (non-hydrogen) atoms. The topological polar surface area (TPSA) is 91.2 Å². The summed E-state index contributed by atoms with van der Waals surface area (Å²) >= 11 is 0. The Labute approximate surface area is 102 Å². The van der Waals surface area contributed by atoms with Gasteiger partial charge in [-0.05, 0) is 20.3 Å². The average Bonchev–Trinajstić information content (AvgIpc) is 2.49. The van der Waals surface area contributed by atoms with Crippen LogP contribution in [0.3, 0.4) is 0 Å². The Bertz CT molecular complexity index is 410.